The maximum Gasteiger partial charge on any atom is 0.393 e. The summed E-state index contributed by atoms with van der Waals surface area (Å²) in [6.07, 6.45) is 1.62. The zero-order chi connectivity index (χ0) is 15.7. The van der Waals surface area contributed by atoms with Crippen LogP contribution in [0, 0.1) is 5.92 Å². The zero-order valence-corrected chi connectivity index (χ0v) is 13.2. The van der Waals surface area contributed by atoms with Gasteiger partial charge in [0.25, 0.3) is 5.91 Å². The van der Waals surface area contributed by atoms with Crippen LogP contribution in [0.5, 0.6) is 0 Å². The number of likely N-dealkylation sites (tertiary alicyclic amines) is 1. The summed E-state index contributed by atoms with van der Waals surface area (Å²) in [5.74, 6) is 0.501. The summed E-state index contributed by atoms with van der Waals surface area (Å²) in [6.45, 7) is 0.741. The van der Waals surface area contributed by atoms with Gasteiger partial charge in [-0.05, 0) is 37.7 Å². The van der Waals surface area contributed by atoms with E-state index in [2.05, 4.69) is 0 Å². The number of rotatable bonds is 2. The molecule has 0 radical (unpaired) electrons. The molecule has 2 nitrogen and oxygen atoms in total. The highest BCUT2D eigenvalue weighted by Crippen LogP contribution is 2.36. The van der Waals surface area contributed by atoms with E-state index in [1.807, 2.05) is 4.90 Å². The summed E-state index contributed by atoms with van der Waals surface area (Å²) < 4.78 is 37.3. The van der Waals surface area contributed by atoms with E-state index in [4.69, 9.17) is 0 Å². The molecule has 0 N–H and O–H groups in total. The number of halogens is 3. The van der Waals surface area contributed by atoms with Crippen LogP contribution in [0.15, 0.2) is 11.4 Å². The molecule has 0 unspecified atom stereocenters. The molecule has 0 spiro atoms. The van der Waals surface area contributed by atoms with Crippen molar-refractivity contribution in [1.29, 1.82) is 0 Å². The van der Waals surface area contributed by atoms with Gasteiger partial charge in [-0.25, -0.2) is 0 Å². The summed E-state index contributed by atoms with van der Waals surface area (Å²) in [5, 5.41) is 1.58. The van der Waals surface area contributed by atoms with E-state index in [0.29, 0.717) is 17.5 Å². The minimum absolute atomic E-state index is 0.0822. The number of hydrogen-bond acceptors (Lipinski definition) is 2. The summed E-state index contributed by atoms with van der Waals surface area (Å²) in [7, 11) is 0. The summed E-state index contributed by atoms with van der Waals surface area (Å²) >= 11 is 1.03. The molecule has 1 saturated carbocycles. The Morgan fingerprint density at radius 3 is 2.73 bits per heavy atom. The first-order valence-corrected chi connectivity index (χ1v) is 8.77. The van der Waals surface area contributed by atoms with Crippen LogP contribution in [-0.2, 0) is 6.42 Å². The number of carbonyl (C=O) groups excluding carboxylic acids is 1. The lowest BCUT2D eigenvalue weighted by Crippen LogP contribution is -2.49. The van der Waals surface area contributed by atoms with Crippen LogP contribution in [0.3, 0.4) is 0 Å². The molecule has 1 aromatic rings. The Bertz CT molecular complexity index is 538. The molecule has 1 aliphatic carbocycles. The van der Waals surface area contributed by atoms with E-state index < -0.39 is 12.6 Å². The normalized spacial score (nSPS) is 25.9. The van der Waals surface area contributed by atoms with Crippen LogP contribution in [0.1, 0.15) is 53.8 Å². The Kier molecular flexibility index (Phi) is 4.48. The second-order valence-electron chi connectivity index (χ2n) is 6.35. The molecule has 1 aliphatic heterocycles. The third-order valence-electron chi connectivity index (χ3n) is 4.78. The van der Waals surface area contributed by atoms with Gasteiger partial charge < -0.3 is 4.90 Å². The van der Waals surface area contributed by atoms with Crippen molar-refractivity contribution in [2.45, 2.75) is 57.2 Å². The van der Waals surface area contributed by atoms with E-state index in [-0.39, 0.29) is 10.8 Å². The molecule has 1 aromatic heterocycles. The van der Waals surface area contributed by atoms with E-state index in [1.54, 1.807) is 5.38 Å². The number of amides is 1. The summed E-state index contributed by atoms with van der Waals surface area (Å²) in [4.78, 5) is 14.8. The highest BCUT2D eigenvalue weighted by molar-refractivity contribution is 7.10. The maximum absolute atomic E-state index is 12.7. The minimum Gasteiger partial charge on any atom is -0.335 e. The van der Waals surface area contributed by atoms with Crippen molar-refractivity contribution in [3.05, 3.63) is 21.9 Å². The first-order valence-electron chi connectivity index (χ1n) is 7.89. The number of thiophene rings is 1. The van der Waals surface area contributed by atoms with Gasteiger partial charge in [-0.2, -0.15) is 13.2 Å². The SMILES string of the molecule is O=C(c1csc(CC(F)(F)F)c1)N1CCC[C@@H]2CCCC[C@@H]21. The van der Waals surface area contributed by atoms with Gasteiger partial charge in [-0.1, -0.05) is 12.8 Å². The van der Waals surface area contributed by atoms with Crippen molar-refractivity contribution < 1.29 is 18.0 Å². The lowest BCUT2D eigenvalue weighted by Gasteiger charge is -2.44. The second kappa shape index (κ2) is 6.22. The number of nitrogens with zero attached hydrogens (tertiary/aromatic N) is 1. The molecule has 22 heavy (non-hydrogen) atoms. The number of alkyl halides is 3. The van der Waals surface area contributed by atoms with Gasteiger partial charge >= 0.3 is 6.18 Å². The average molecular weight is 331 g/mol. The van der Waals surface area contributed by atoms with Crippen LogP contribution >= 0.6 is 11.3 Å². The number of hydrogen-bond donors (Lipinski definition) is 0. The first-order chi connectivity index (χ1) is 10.4. The van der Waals surface area contributed by atoms with Crippen molar-refractivity contribution in [1.82, 2.24) is 4.90 Å². The van der Waals surface area contributed by atoms with Crippen molar-refractivity contribution in [3.63, 3.8) is 0 Å². The smallest absolute Gasteiger partial charge is 0.335 e. The molecule has 6 heteroatoms. The number of piperidine rings is 1. The molecule has 3 rings (SSSR count). The molecule has 2 atom stereocenters. The van der Waals surface area contributed by atoms with Crippen LogP contribution in [0.4, 0.5) is 13.2 Å². The fourth-order valence-electron chi connectivity index (χ4n) is 3.83. The van der Waals surface area contributed by atoms with E-state index in [0.717, 1.165) is 37.1 Å². The highest BCUT2D eigenvalue weighted by Gasteiger charge is 2.36. The summed E-state index contributed by atoms with van der Waals surface area (Å²) in [5.41, 5.74) is 0.426. The Morgan fingerprint density at radius 2 is 1.95 bits per heavy atom. The zero-order valence-electron chi connectivity index (χ0n) is 12.4. The first kappa shape index (κ1) is 15.8. The molecule has 2 fully saturated rings. The fourth-order valence-corrected chi connectivity index (χ4v) is 4.72. The predicted molar refractivity (Wildman–Crippen MR) is 80.1 cm³/mol. The van der Waals surface area contributed by atoms with Gasteiger partial charge in [0.2, 0.25) is 0 Å². The monoisotopic (exact) mass is 331 g/mol. The molecular formula is C16H20F3NOS. The van der Waals surface area contributed by atoms with Crippen molar-refractivity contribution in [3.8, 4) is 0 Å². The molecule has 1 amide bonds. The average Bonchev–Trinajstić information content (AvgIpc) is 2.92. The third kappa shape index (κ3) is 3.47. The minimum atomic E-state index is -4.22. The standard InChI is InChI=1S/C16H20F3NOS/c17-16(18,19)9-13-8-12(10-22-13)15(21)20-7-3-5-11-4-1-2-6-14(11)20/h8,10-11,14H,1-7,9H2/t11-,14-/m0/s1. The van der Waals surface area contributed by atoms with E-state index in [1.165, 1.54) is 25.3 Å². The molecule has 0 aromatic carbocycles. The lowest BCUT2D eigenvalue weighted by atomic mass is 9.78. The van der Waals surface area contributed by atoms with Gasteiger partial charge in [0.05, 0.1) is 12.0 Å². The second-order valence-corrected chi connectivity index (χ2v) is 7.34. The van der Waals surface area contributed by atoms with Crippen molar-refractivity contribution in [2.24, 2.45) is 5.92 Å². The maximum atomic E-state index is 12.7. The van der Waals surface area contributed by atoms with Crippen molar-refractivity contribution in [2.75, 3.05) is 6.54 Å². The van der Waals surface area contributed by atoms with E-state index >= 15 is 0 Å². The molecule has 122 valence electrons. The fraction of sp³-hybridized carbons (Fsp3) is 0.688. The Hall–Kier alpha value is -1.04. The number of carbonyl (C=O) groups is 1. The Balaban J connectivity index is 1.72. The van der Waals surface area contributed by atoms with Crippen LogP contribution in [0.25, 0.3) is 0 Å². The van der Waals surface area contributed by atoms with Gasteiger partial charge in [0, 0.05) is 22.8 Å². The largest absolute Gasteiger partial charge is 0.393 e. The topological polar surface area (TPSA) is 20.3 Å². The van der Waals surface area contributed by atoms with Crippen LogP contribution < -0.4 is 0 Å². The molecule has 0 bridgehead atoms. The molecule has 2 heterocycles. The van der Waals surface area contributed by atoms with E-state index in [9.17, 15) is 18.0 Å². The molecular weight excluding hydrogens is 311 g/mol. The Labute approximate surface area is 132 Å². The quantitative estimate of drug-likeness (QED) is 0.772. The lowest BCUT2D eigenvalue weighted by molar-refractivity contribution is -0.126. The van der Waals surface area contributed by atoms with Crippen LogP contribution in [0.2, 0.25) is 0 Å². The van der Waals surface area contributed by atoms with Gasteiger partial charge in [0.15, 0.2) is 0 Å². The molecule has 2 aliphatic rings. The summed E-state index contributed by atoms with van der Waals surface area (Å²) in [6, 6.07) is 1.72. The molecule has 1 saturated heterocycles. The highest BCUT2D eigenvalue weighted by atomic mass is 32.1. The Morgan fingerprint density at radius 1 is 1.23 bits per heavy atom. The third-order valence-corrected chi connectivity index (χ3v) is 5.72. The van der Waals surface area contributed by atoms with Gasteiger partial charge in [0.1, 0.15) is 0 Å². The van der Waals surface area contributed by atoms with Crippen LogP contribution in [-0.4, -0.2) is 29.6 Å². The van der Waals surface area contributed by atoms with Crippen molar-refractivity contribution >= 4 is 17.2 Å². The van der Waals surface area contributed by atoms with Gasteiger partial charge in [-0.15, -0.1) is 11.3 Å². The van der Waals surface area contributed by atoms with Gasteiger partial charge in [-0.3, -0.25) is 4.79 Å². The predicted octanol–water partition coefficient (Wildman–Crippen LogP) is 4.65. The number of fused-ring (bicyclic) bond motifs is 1.